The van der Waals surface area contributed by atoms with Gasteiger partial charge in [-0.1, -0.05) is 0 Å². The first kappa shape index (κ1) is 15.6. The summed E-state index contributed by atoms with van der Waals surface area (Å²) in [5.41, 5.74) is 0. The van der Waals surface area contributed by atoms with Crippen LogP contribution in [0.3, 0.4) is 0 Å². The summed E-state index contributed by atoms with van der Waals surface area (Å²) in [6, 6.07) is 0. The second-order valence-electron chi connectivity index (χ2n) is 4.37. The van der Waals surface area contributed by atoms with E-state index in [0.717, 1.165) is 0 Å². The molecule has 120 valence electrons. The van der Waals surface area contributed by atoms with E-state index in [1.54, 1.807) is 6.92 Å². The molecule has 2 fully saturated rings. The van der Waals surface area contributed by atoms with Crippen molar-refractivity contribution in [3.05, 3.63) is 20.2 Å². The van der Waals surface area contributed by atoms with Crippen molar-refractivity contribution in [1.29, 1.82) is 0 Å². The van der Waals surface area contributed by atoms with Crippen molar-refractivity contribution in [2.75, 3.05) is 13.7 Å². The number of ether oxygens (including phenoxy) is 4. The van der Waals surface area contributed by atoms with Gasteiger partial charge in [0, 0.05) is 7.11 Å². The van der Waals surface area contributed by atoms with Crippen molar-refractivity contribution in [2.45, 2.75) is 43.9 Å². The third kappa shape index (κ3) is 3.47. The minimum absolute atomic E-state index is 0.0778. The molecule has 0 amide bonds. The largest absolute Gasteiger partial charge is 0.353 e. The molecule has 0 aliphatic carbocycles. The van der Waals surface area contributed by atoms with Gasteiger partial charge in [-0.05, 0) is 6.92 Å². The van der Waals surface area contributed by atoms with Crippen LogP contribution in [0.2, 0.25) is 0 Å². The lowest BCUT2D eigenvalue weighted by atomic mass is 9.98. The summed E-state index contributed by atoms with van der Waals surface area (Å²) in [4.78, 5) is 30.1. The summed E-state index contributed by atoms with van der Waals surface area (Å²) in [6.07, 6.45) is -6.45. The Hall–Kier alpha value is -1.76. The lowest BCUT2D eigenvalue weighted by molar-refractivity contribution is -0.807. The number of nitrogens with zero attached hydrogens (tertiary/aromatic N) is 2. The number of hydrogen-bond acceptors (Lipinski definition) is 10. The van der Waals surface area contributed by atoms with Gasteiger partial charge in [0.25, 0.3) is 10.2 Å². The summed E-state index contributed by atoms with van der Waals surface area (Å²) >= 11 is 0. The Morgan fingerprint density at radius 1 is 1.10 bits per heavy atom. The summed E-state index contributed by atoms with van der Waals surface area (Å²) in [5, 5.41) is 19.0. The Bertz CT molecular complexity index is 406. The molecule has 2 rings (SSSR count). The molecule has 0 bridgehead atoms. The molecule has 2 saturated heterocycles. The molecule has 12 heteroatoms. The minimum Gasteiger partial charge on any atom is -0.353 e. The van der Waals surface area contributed by atoms with Gasteiger partial charge in [-0.25, -0.2) is 0 Å². The Morgan fingerprint density at radius 2 is 1.71 bits per heavy atom. The van der Waals surface area contributed by atoms with Crippen LogP contribution in [-0.2, 0) is 28.6 Å². The van der Waals surface area contributed by atoms with E-state index in [2.05, 4.69) is 9.68 Å². The molecule has 0 N–H and O–H groups in total. The molecule has 0 aromatic rings. The zero-order chi connectivity index (χ0) is 15.6. The third-order valence-corrected chi connectivity index (χ3v) is 3.08. The van der Waals surface area contributed by atoms with Gasteiger partial charge in [0.15, 0.2) is 24.8 Å². The summed E-state index contributed by atoms with van der Waals surface area (Å²) in [6.45, 7) is 1.65. The van der Waals surface area contributed by atoms with Gasteiger partial charge in [0.2, 0.25) is 0 Å². The molecule has 6 atom stereocenters. The Morgan fingerprint density at radius 3 is 2.29 bits per heavy atom. The normalized spacial score (nSPS) is 39.1. The molecule has 2 heterocycles. The Kier molecular flexibility index (Phi) is 4.72. The van der Waals surface area contributed by atoms with Crippen LogP contribution in [0.4, 0.5) is 0 Å². The molecule has 12 nitrogen and oxygen atoms in total. The van der Waals surface area contributed by atoms with Gasteiger partial charge >= 0.3 is 0 Å². The summed E-state index contributed by atoms with van der Waals surface area (Å²) in [5.74, 6) is 0. The fourth-order valence-electron chi connectivity index (χ4n) is 2.29. The predicted molar refractivity (Wildman–Crippen MR) is 59.7 cm³/mol. The first-order chi connectivity index (χ1) is 9.92. The molecule has 0 aromatic heterocycles. The molecular formula is C9H14N2O10. The standard InChI is InChI=1S/C9H14N2O10/c1-4-17-3-5-6(18-4)7(20-10(12)13)8(21-11(14)15)9(16-2)19-5/h4-9H,3H2,1-2H3/t4?,5-,6-,7+,8-,9-/m1/s1. The van der Waals surface area contributed by atoms with E-state index in [1.165, 1.54) is 7.11 Å². The third-order valence-electron chi connectivity index (χ3n) is 3.08. The maximum atomic E-state index is 10.6. The van der Waals surface area contributed by atoms with Crippen LogP contribution in [0.25, 0.3) is 0 Å². The number of methoxy groups -OCH3 is 1. The Balaban J connectivity index is 2.25. The molecular weight excluding hydrogens is 296 g/mol. The maximum Gasteiger partial charge on any atom is 0.295 e. The van der Waals surface area contributed by atoms with Gasteiger partial charge in [-0.15, -0.1) is 20.2 Å². The van der Waals surface area contributed by atoms with Crippen molar-refractivity contribution in [3.8, 4) is 0 Å². The predicted octanol–water partition coefficient (Wildman–Crippen LogP) is -0.727. The first-order valence-electron chi connectivity index (χ1n) is 6.00. The highest BCUT2D eigenvalue weighted by molar-refractivity contribution is 4.93. The van der Waals surface area contributed by atoms with Crippen molar-refractivity contribution >= 4 is 0 Å². The zero-order valence-corrected chi connectivity index (χ0v) is 11.1. The average Bonchev–Trinajstić information content (AvgIpc) is 2.40. The van der Waals surface area contributed by atoms with Crippen LogP contribution in [-0.4, -0.2) is 60.9 Å². The van der Waals surface area contributed by atoms with Crippen LogP contribution >= 0.6 is 0 Å². The molecule has 2 aliphatic heterocycles. The van der Waals surface area contributed by atoms with Crippen molar-refractivity contribution < 1.29 is 38.8 Å². The molecule has 0 saturated carbocycles. The van der Waals surface area contributed by atoms with Crippen molar-refractivity contribution in [1.82, 2.24) is 0 Å². The van der Waals surface area contributed by atoms with Gasteiger partial charge in [-0.3, -0.25) is 0 Å². The minimum atomic E-state index is -1.47. The monoisotopic (exact) mass is 310 g/mol. The van der Waals surface area contributed by atoms with E-state index >= 15 is 0 Å². The van der Waals surface area contributed by atoms with E-state index in [1.807, 2.05) is 0 Å². The highest BCUT2D eigenvalue weighted by atomic mass is 17.0. The van der Waals surface area contributed by atoms with E-state index in [4.69, 9.17) is 18.9 Å². The van der Waals surface area contributed by atoms with Gasteiger partial charge in [0.1, 0.15) is 12.2 Å². The molecule has 0 spiro atoms. The number of rotatable bonds is 5. The highest BCUT2D eigenvalue weighted by Crippen LogP contribution is 2.32. The Labute approximate surface area is 118 Å². The van der Waals surface area contributed by atoms with Gasteiger partial charge in [0.05, 0.1) is 6.61 Å². The smallest absolute Gasteiger partial charge is 0.295 e. The van der Waals surface area contributed by atoms with E-state index in [-0.39, 0.29) is 6.61 Å². The summed E-state index contributed by atoms with van der Waals surface area (Å²) in [7, 11) is 1.22. The quantitative estimate of drug-likeness (QED) is 0.471. The van der Waals surface area contributed by atoms with E-state index < -0.39 is 47.2 Å². The lowest BCUT2D eigenvalue weighted by Gasteiger charge is -2.46. The number of fused-ring (bicyclic) bond motifs is 1. The van der Waals surface area contributed by atoms with E-state index in [9.17, 15) is 20.2 Å². The lowest BCUT2D eigenvalue weighted by Crippen LogP contribution is -2.64. The molecule has 21 heavy (non-hydrogen) atoms. The second kappa shape index (κ2) is 6.34. The van der Waals surface area contributed by atoms with E-state index in [0.29, 0.717) is 0 Å². The first-order valence-corrected chi connectivity index (χ1v) is 6.00. The fourth-order valence-corrected chi connectivity index (χ4v) is 2.29. The van der Waals surface area contributed by atoms with Gasteiger partial charge < -0.3 is 28.6 Å². The van der Waals surface area contributed by atoms with Gasteiger partial charge in [-0.2, -0.15) is 0 Å². The topological polar surface area (TPSA) is 142 Å². The van der Waals surface area contributed by atoms with Crippen molar-refractivity contribution in [2.24, 2.45) is 0 Å². The number of hydrogen-bond donors (Lipinski definition) is 0. The second-order valence-corrected chi connectivity index (χ2v) is 4.37. The zero-order valence-electron chi connectivity index (χ0n) is 11.1. The molecule has 0 radical (unpaired) electrons. The highest BCUT2D eigenvalue weighted by Gasteiger charge is 2.53. The fraction of sp³-hybridized carbons (Fsp3) is 1.00. The molecule has 0 aromatic carbocycles. The van der Waals surface area contributed by atoms with Crippen LogP contribution in [0, 0.1) is 20.2 Å². The van der Waals surface area contributed by atoms with Crippen LogP contribution in [0.15, 0.2) is 0 Å². The summed E-state index contributed by atoms with van der Waals surface area (Å²) < 4.78 is 20.9. The average molecular weight is 310 g/mol. The van der Waals surface area contributed by atoms with Crippen molar-refractivity contribution in [3.63, 3.8) is 0 Å². The molecule has 1 unspecified atom stereocenters. The van der Waals surface area contributed by atoms with Crippen LogP contribution < -0.4 is 0 Å². The SMILES string of the molecule is CO[C@@H]1O[C@@H]2COC(C)O[C@H]2[C@H](O[N+](=O)[O-])[C@H]1O[N+](=O)[O-]. The van der Waals surface area contributed by atoms with Crippen LogP contribution in [0.1, 0.15) is 6.92 Å². The maximum absolute atomic E-state index is 10.6. The molecule has 2 aliphatic rings. The van der Waals surface area contributed by atoms with Crippen LogP contribution in [0.5, 0.6) is 0 Å².